The summed E-state index contributed by atoms with van der Waals surface area (Å²) in [6.45, 7) is 1.78. The zero-order valence-corrected chi connectivity index (χ0v) is 17.8. The van der Waals surface area contributed by atoms with E-state index in [0.717, 1.165) is 17.4 Å². The molecule has 1 amide bonds. The molecule has 7 heteroatoms. The lowest BCUT2D eigenvalue weighted by molar-refractivity contribution is 0.0950. The number of amides is 1. The van der Waals surface area contributed by atoms with E-state index >= 15 is 0 Å². The Hall–Kier alpha value is -4.26. The Bertz CT molecular complexity index is 1260. The van der Waals surface area contributed by atoms with Crippen LogP contribution in [0.4, 0.5) is 20.2 Å². The molecular weight excluding hydrogens is 424 g/mol. The molecule has 0 unspecified atom stereocenters. The van der Waals surface area contributed by atoms with Gasteiger partial charge in [0.1, 0.15) is 23.1 Å². The van der Waals surface area contributed by atoms with Crippen LogP contribution in [0, 0.1) is 18.6 Å². The summed E-state index contributed by atoms with van der Waals surface area (Å²) in [5, 5.41) is 5.95. The maximum Gasteiger partial charge on any atom is 0.251 e. The highest BCUT2D eigenvalue weighted by Gasteiger charge is 2.13. The topological polar surface area (TPSA) is 63.2 Å². The molecule has 0 spiro atoms. The molecule has 0 radical (unpaired) electrons. The fraction of sp³-hybridized carbons (Fsp3) is 0.0769. The van der Waals surface area contributed by atoms with E-state index in [-0.39, 0.29) is 12.5 Å². The van der Waals surface area contributed by atoms with E-state index < -0.39 is 11.6 Å². The molecule has 4 rings (SSSR count). The van der Waals surface area contributed by atoms with E-state index in [2.05, 4.69) is 15.6 Å². The summed E-state index contributed by atoms with van der Waals surface area (Å²) in [7, 11) is 0. The highest BCUT2D eigenvalue weighted by Crippen LogP contribution is 2.29. The molecule has 1 heterocycles. The van der Waals surface area contributed by atoms with Gasteiger partial charge in [-0.15, -0.1) is 0 Å². The van der Waals surface area contributed by atoms with Crippen molar-refractivity contribution < 1.29 is 18.3 Å². The Balaban J connectivity index is 1.47. The number of ether oxygens (including phenoxy) is 1. The molecule has 0 saturated carbocycles. The normalized spacial score (nSPS) is 10.5. The fourth-order valence-electron chi connectivity index (χ4n) is 3.33. The lowest BCUT2D eigenvalue weighted by Crippen LogP contribution is -2.23. The predicted octanol–water partition coefficient (Wildman–Crippen LogP) is 6.13. The zero-order chi connectivity index (χ0) is 23.2. The van der Waals surface area contributed by atoms with Crippen molar-refractivity contribution in [3.05, 3.63) is 114 Å². The molecule has 0 fully saturated rings. The first-order chi connectivity index (χ1) is 16.0. The van der Waals surface area contributed by atoms with Gasteiger partial charge in [0, 0.05) is 41.7 Å². The van der Waals surface area contributed by atoms with Crippen molar-refractivity contribution in [3.63, 3.8) is 0 Å². The number of aromatic nitrogens is 1. The first-order valence-electron chi connectivity index (χ1n) is 10.3. The molecule has 166 valence electrons. The molecule has 5 nitrogen and oxygen atoms in total. The molecule has 0 aliphatic heterocycles. The number of carbonyl (C=O) groups excluding carboxylic acids is 1. The van der Waals surface area contributed by atoms with Crippen LogP contribution in [0.3, 0.4) is 0 Å². The Kier molecular flexibility index (Phi) is 6.59. The van der Waals surface area contributed by atoms with Gasteiger partial charge in [-0.25, -0.2) is 8.78 Å². The van der Waals surface area contributed by atoms with E-state index in [1.807, 2.05) is 36.4 Å². The van der Waals surface area contributed by atoms with Gasteiger partial charge in [-0.1, -0.05) is 12.1 Å². The highest BCUT2D eigenvalue weighted by atomic mass is 19.1. The number of anilines is 2. The highest BCUT2D eigenvalue weighted by molar-refractivity contribution is 5.96. The fourth-order valence-corrected chi connectivity index (χ4v) is 3.33. The second-order valence-electron chi connectivity index (χ2n) is 7.39. The molecule has 1 aromatic heterocycles. The van der Waals surface area contributed by atoms with Crippen LogP contribution in [-0.4, -0.2) is 10.9 Å². The van der Waals surface area contributed by atoms with Gasteiger partial charge in [-0.2, -0.15) is 0 Å². The minimum absolute atomic E-state index is 0.0000951. The van der Waals surface area contributed by atoms with Crippen LogP contribution in [-0.2, 0) is 6.54 Å². The van der Waals surface area contributed by atoms with E-state index in [1.165, 1.54) is 12.1 Å². The predicted molar refractivity (Wildman–Crippen MR) is 123 cm³/mol. The van der Waals surface area contributed by atoms with Crippen LogP contribution < -0.4 is 15.4 Å². The third kappa shape index (κ3) is 5.71. The van der Waals surface area contributed by atoms with Crippen LogP contribution in [0.25, 0.3) is 0 Å². The van der Waals surface area contributed by atoms with Crippen molar-refractivity contribution in [2.75, 3.05) is 5.32 Å². The number of carbonyl (C=O) groups is 1. The third-order valence-corrected chi connectivity index (χ3v) is 4.92. The summed E-state index contributed by atoms with van der Waals surface area (Å²) < 4.78 is 32.8. The summed E-state index contributed by atoms with van der Waals surface area (Å²) in [6, 6.07) is 19.5. The van der Waals surface area contributed by atoms with Gasteiger partial charge >= 0.3 is 0 Å². The quantitative estimate of drug-likeness (QED) is 0.359. The molecule has 33 heavy (non-hydrogen) atoms. The van der Waals surface area contributed by atoms with Crippen molar-refractivity contribution in [2.24, 2.45) is 0 Å². The number of nitrogens with one attached hydrogen (secondary N) is 2. The van der Waals surface area contributed by atoms with E-state index in [0.29, 0.717) is 28.2 Å². The SMILES string of the molecule is Cc1c(Oc2cccc(Nc3cccnc3)c2)cccc1C(=O)NCc1cc(F)cc(F)c1. The molecule has 3 aromatic carbocycles. The molecule has 0 atom stereocenters. The number of hydrogen-bond donors (Lipinski definition) is 2. The lowest BCUT2D eigenvalue weighted by atomic mass is 10.1. The maximum atomic E-state index is 13.4. The average Bonchev–Trinajstić information content (AvgIpc) is 2.79. The minimum atomic E-state index is -0.689. The Morgan fingerprint density at radius 1 is 0.939 bits per heavy atom. The lowest BCUT2D eigenvalue weighted by Gasteiger charge is -2.14. The van der Waals surface area contributed by atoms with E-state index in [9.17, 15) is 13.6 Å². The average molecular weight is 445 g/mol. The summed E-state index contributed by atoms with van der Waals surface area (Å²) in [6.07, 6.45) is 3.42. The summed E-state index contributed by atoms with van der Waals surface area (Å²) >= 11 is 0. The Morgan fingerprint density at radius 2 is 1.70 bits per heavy atom. The number of halogens is 2. The number of benzene rings is 3. The van der Waals surface area contributed by atoms with Crippen molar-refractivity contribution >= 4 is 17.3 Å². The molecular formula is C26H21F2N3O2. The number of nitrogens with zero attached hydrogens (tertiary/aromatic N) is 1. The van der Waals surface area contributed by atoms with Crippen molar-refractivity contribution in [1.29, 1.82) is 0 Å². The Labute approximate surface area is 190 Å². The van der Waals surface area contributed by atoms with Crippen LogP contribution in [0.1, 0.15) is 21.5 Å². The summed E-state index contributed by atoms with van der Waals surface area (Å²) in [5.74, 6) is -0.621. The number of pyridine rings is 1. The van der Waals surface area contributed by atoms with Gasteiger partial charge in [0.05, 0.1) is 11.9 Å². The van der Waals surface area contributed by atoms with Crippen LogP contribution in [0.15, 0.2) is 85.2 Å². The van der Waals surface area contributed by atoms with Crippen molar-refractivity contribution in [1.82, 2.24) is 10.3 Å². The molecule has 0 bridgehead atoms. The third-order valence-electron chi connectivity index (χ3n) is 4.92. The van der Waals surface area contributed by atoms with Crippen molar-refractivity contribution in [3.8, 4) is 11.5 Å². The maximum absolute atomic E-state index is 13.4. The zero-order valence-electron chi connectivity index (χ0n) is 17.8. The summed E-state index contributed by atoms with van der Waals surface area (Å²) in [4.78, 5) is 16.8. The number of hydrogen-bond acceptors (Lipinski definition) is 4. The number of rotatable bonds is 7. The standard InChI is InChI=1S/C26H21F2N3O2/c1-17-24(26(32)30-15-18-11-19(27)13-20(28)12-18)8-3-9-25(17)33-23-7-2-5-21(14-23)31-22-6-4-10-29-16-22/h2-14,16,31H,15H2,1H3,(H,30,32). The van der Waals surface area contributed by atoms with Crippen LogP contribution >= 0.6 is 0 Å². The molecule has 0 saturated heterocycles. The largest absolute Gasteiger partial charge is 0.457 e. The van der Waals surface area contributed by atoms with Crippen molar-refractivity contribution in [2.45, 2.75) is 13.5 Å². The molecule has 0 aliphatic carbocycles. The van der Waals surface area contributed by atoms with Gasteiger partial charge in [0.15, 0.2) is 0 Å². The first kappa shape index (κ1) is 22.0. The first-order valence-corrected chi connectivity index (χ1v) is 10.3. The van der Waals surface area contributed by atoms with Crippen LogP contribution in [0.5, 0.6) is 11.5 Å². The minimum Gasteiger partial charge on any atom is -0.457 e. The monoisotopic (exact) mass is 445 g/mol. The summed E-state index contributed by atoms with van der Waals surface area (Å²) in [5.41, 5.74) is 3.07. The Morgan fingerprint density at radius 3 is 2.45 bits per heavy atom. The van der Waals surface area contributed by atoms with Gasteiger partial charge in [0.25, 0.3) is 5.91 Å². The van der Waals surface area contributed by atoms with Gasteiger partial charge in [0.2, 0.25) is 0 Å². The van der Waals surface area contributed by atoms with E-state index in [1.54, 1.807) is 37.5 Å². The van der Waals surface area contributed by atoms with Crippen LogP contribution in [0.2, 0.25) is 0 Å². The van der Waals surface area contributed by atoms with Gasteiger partial charge in [-0.3, -0.25) is 9.78 Å². The van der Waals surface area contributed by atoms with Gasteiger partial charge < -0.3 is 15.4 Å². The molecule has 0 aliphatic rings. The van der Waals surface area contributed by atoms with Gasteiger partial charge in [-0.05, 0) is 61.0 Å². The second-order valence-corrected chi connectivity index (χ2v) is 7.39. The molecule has 2 N–H and O–H groups in total. The van der Waals surface area contributed by atoms with E-state index in [4.69, 9.17) is 4.74 Å². The second kappa shape index (κ2) is 9.91. The molecule has 4 aromatic rings. The smallest absolute Gasteiger partial charge is 0.251 e.